The number of pyridine rings is 1. The van der Waals surface area contributed by atoms with Gasteiger partial charge in [0.1, 0.15) is 0 Å². The molecule has 0 radical (unpaired) electrons. The number of nitrogens with one attached hydrogen (secondary N) is 1. The molecule has 2 rings (SSSR count). The largest absolute Gasteiger partial charge is 0.301 e. The van der Waals surface area contributed by atoms with Crippen LogP contribution in [0.3, 0.4) is 0 Å². The molecule has 82 valence electrons. The first-order chi connectivity index (χ1) is 7.66. The van der Waals surface area contributed by atoms with E-state index in [1.54, 1.807) is 0 Å². The van der Waals surface area contributed by atoms with Gasteiger partial charge in [0, 0.05) is 12.3 Å². The number of aromatic amines is 1. The maximum atomic E-state index is 10.7. The normalized spacial score (nSPS) is 10.2. The fourth-order valence-corrected chi connectivity index (χ4v) is 3.00. The molecule has 2 aromatic rings. The Morgan fingerprint density at radius 3 is 3.06 bits per heavy atom. The molecular formula is C7H4N4O2S3. The van der Waals surface area contributed by atoms with Crippen LogP contribution in [0.1, 0.15) is 0 Å². The number of rotatable bonds is 3. The first-order valence-electron chi connectivity index (χ1n) is 3.99. The molecule has 0 aliphatic heterocycles. The van der Waals surface area contributed by atoms with Crippen molar-refractivity contribution in [2.75, 3.05) is 0 Å². The molecule has 0 amide bonds. The summed E-state index contributed by atoms with van der Waals surface area (Å²) in [5.74, 6) is 0. The Bertz CT molecular complexity index is 579. The van der Waals surface area contributed by atoms with Gasteiger partial charge in [-0.25, -0.2) is 4.98 Å². The van der Waals surface area contributed by atoms with Gasteiger partial charge in [-0.2, -0.15) is 5.10 Å². The molecule has 0 bridgehead atoms. The van der Waals surface area contributed by atoms with Crippen molar-refractivity contribution in [1.29, 1.82) is 0 Å². The fourth-order valence-electron chi connectivity index (χ4n) is 0.943. The molecule has 0 atom stereocenters. The highest BCUT2D eigenvalue weighted by molar-refractivity contribution is 8.01. The lowest BCUT2D eigenvalue weighted by molar-refractivity contribution is -0.388. The van der Waals surface area contributed by atoms with Crippen LogP contribution in [-0.2, 0) is 0 Å². The number of hydrogen-bond acceptors (Lipinski definition) is 7. The van der Waals surface area contributed by atoms with Crippen molar-refractivity contribution >= 4 is 41.0 Å². The second-order valence-electron chi connectivity index (χ2n) is 2.57. The van der Waals surface area contributed by atoms with Crippen LogP contribution in [0, 0.1) is 14.1 Å². The van der Waals surface area contributed by atoms with Gasteiger partial charge in [0.25, 0.3) is 0 Å². The van der Waals surface area contributed by atoms with Crippen LogP contribution in [0.5, 0.6) is 0 Å². The summed E-state index contributed by atoms with van der Waals surface area (Å²) in [5.41, 5.74) is -0.0337. The molecule has 1 N–H and O–H groups in total. The molecule has 0 aliphatic carbocycles. The van der Waals surface area contributed by atoms with Gasteiger partial charge in [-0.3, -0.25) is 15.2 Å². The standard InChI is InChI=1S/C7H4N4O2S3/c12-11(13)4-2-1-3-8-5(4)15-7-10-9-6(14)16-7/h1-3H,(H,9,14). The predicted molar refractivity (Wildman–Crippen MR) is 62.3 cm³/mol. The van der Waals surface area contributed by atoms with Crippen LogP contribution in [-0.4, -0.2) is 20.1 Å². The zero-order valence-corrected chi connectivity index (χ0v) is 10.1. The third-order valence-electron chi connectivity index (χ3n) is 1.55. The smallest absolute Gasteiger partial charge is 0.258 e. The summed E-state index contributed by atoms with van der Waals surface area (Å²) in [7, 11) is 0. The number of H-pyrrole nitrogens is 1. The van der Waals surface area contributed by atoms with E-state index in [0.717, 1.165) is 11.8 Å². The van der Waals surface area contributed by atoms with Crippen LogP contribution < -0.4 is 0 Å². The first-order valence-corrected chi connectivity index (χ1v) is 6.03. The number of aromatic nitrogens is 3. The third kappa shape index (κ3) is 2.43. The van der Waals surface area contributed by atoms with Gasteiger partial charge < -0.3 is 0 Å². The minimum Gasteiger partial charge on any atom is -0.258 e. The van der Waals surface area contributed by atoms with Crippen LogP contribution in [0.2, 0.25) is 0 Å². The Balaban J connectivity index is 2.34. The maximum absolute atomic E-state index is 10.7. The van der Waals surface area contributed by atoms with E-state index in [1.807, 2.05) is 0 Å². The molecule has 6 nitrogen and oxygen atoms in total. The van der Waals surface area contributed by atoms with Gasteiger partial charge in [0.2, 0.25) is 0 Å². The average Bonchev–Trinajstić information content (AvgIpc) is 2.64. The van der Waals surface area contributed by atoms with Gasteiger partial charge >= 0.3 is 5.69 Å². The van der Waals surface area contributed by atoms with Crippen molar-refractivity contribution in [2.24, 2.45) is 0 Å². The maximum Gasteiger partial charge on any atom is 0.301 e. The quantitative estimate of drug-likeness (QED) is 0.525. The molecule has 0 aromatic carbocycles. The van der Waals surface area contributed by atoms with E-state index in [2.05, 4.69) is 15.2 Å². The zero-order valence-electron chi connectivity index (χ0n) is 7.61. The minimum absolute atomic E-state index is 0.0337. The van der Waals surface area contributed by atoms with E-state index >= 15 is 0 Å². The molecule has 0 spiro atoms. The van der Waals surface area contributed by atoms with E-state index in [1.165, 1.54) is 29.7 Å². The second-order valence-corrected chi connectivity index (χ2v) is 5.47. The molecule has 2 aromatic heterocycles. The lowest BCUT2D eigenvalue weighted by Gasteiger charge is -1.97. The van der Waals surface area contributed by atoms with Crippen molar-refractivity contribution in [1.82, 2.24) is 15.2 Å². The van der Waals surface area contributed by atoms with Crippen molar-refractivity contribution < 1.29 is 4.92 Å². The van der Waals surface area contributed by atoms with Crippen molar-refractivity contribution in [3.05, 3.63) is 32.4 Å². The summed E-state index contributed by atoms with van der Waals surface area (Å²) in [6, 6.07) is 2.93. The second kappa shape index (κ2) is 4.68. The molecular weight excluding hydrogens is 268 g/mol. The highest BCUT2D eigenvalue weighted by Gasteiger charge is 2.16. The summed E-state index contributed by atoms with van der Waals surface area (Å²) < 4.78 is 1.13. The summed E-state index contributed by atoms with van der Waals surface area (Å²) in [4.78, 5) is 14.2. The summed E-state index contributed by atoms with van der Waals surface area (Å²) >= 11 is 7.24. The van der Waals surface area contributed by atoms with Crippen molar-refractivity contribution in [3.8, 4) is 0 Å². The predicted octanol–water partition coefficient (Wildman–Crippen LogP) is 2.66. The van der Waals surface area contributed by atoms with Gasteiger partial charge in [-0.05, 0) is 30.0 Å². The van der Waals surface area contributed by atoms with Gasteiger partial charge in [0.15, 0.2) is 13.3 Å². The summed E-state index contributed by atoms with van der Waals surface area (Å²) in [6.45, 7) is 0. The molecule has 0 saturated carbocycles. The Kier molecular flexibility index (Phi) is 3.27. The molecule has 0 unspecified atom stereocenters. The van der Waals surface area contributed by atoms with Crippen molar-refractivity contribution in [3.63, 3.8) is 0 Å². The zero-order chi connectivity index (χ0) is 11.5. The summed E-state index contributed by atoms with van der Waals surface area (Å²) in [6.07, 6.45) is 1.50. The minimum atomic E-state index is -0.471. The van der Waals surface area contributed by atoms with Gasteiger partial charge in [-0.15, -0.1) is 0 Å². The lowest BCUT2D eigenvalue weighted by atomic mass is 10.4. The Hall–Kier alpha value is -1.32. The van der Waals surface area contributed by atoms with Gasteiger partial charge in [-0.1, -0.05) is 11.3 Å². The lowest BCUT2D eigenvalue weighted by Crippen LogP contribution is -1.92. The first kappa shape index (κ1) is 11.2. The van der Waals surface area contributed by atoms with Crippen LogP contribution in [0.15, 0.2) is 27.7 Å². The Morgan fingerprint density at radius 2 is 2.44 bits per heavy atom. The SMILES string of the molecule is O=[N+]([O-])c1cccnc1Sc1n[nH]c(=S)s1. The van der Waals surface area contributed by atoms with E-state index < -0.39 is 4.92 Å². The Morgan fingerprint density at radius 1 is 1.62 bits per heavy atom. The van der Waals surface area contributed by atoms with E-state index in [9.17, 15) is 10.1 Å². The molecule has 0 aliphatic rings. The number of nitro groups is 1. The van der Waals surface area contributed by atoms with Crippen LogP contribution in [0.4, 0.5) is 5.69 Å². The fraction of sp³-hybridized carbons (Fsp3) is 0. The van der Waals surface area contributed by atoms with Crippen LogP contribution >= 0.6 is 35.3 Å². The van der Waals surface area contributed by atoms with Crippen LogP contribution in [0.25, 0.3) is 0 Å². The van der Waals surface area contributed by atoms with E-state index in [-0.39, 0.29) is 5.69 Å². The molecule has 16 heavy (non-hydrogen) atoms. The monoisotopic (exact) mass is 272 g/mol. The topological polar surface area (TPSA) is 84.7 Å². The molecule has 0 fully saturated rings. The number of nitrogens with zero attached hydrogens (tertiary/aromatic N) is 3. The molecule has 0 saturated heterocycles. The van der Waals surface area contributed by atoms with Gasteiger partial charge in [0.05, 0.1) is 4.92 Å². The number of hydrogen-bond donors (Lipinski definition) is 1. The van der Waals surface area contributed by atoms with E-state index in [0.29, 0.717) is 13.3 Å². The highest BCUT2D eigenvalue weighted by atomic mass is 32.2. The Labute approximate surface area is 103 Å². The van der Waals surface area contributed by atoms with Crippen molar-refractivity contribution in [2.45, 2.75) is 9.37 Å². The summed E-state index contributed by atoms with van der Waals surface area (Å²) in [5, 5.41) is 17.5. The highest BCUT2D eigenvalue weighted by Crippen LogP contribution is 2.33. The average molecular weight is 272 g/mol. The molecule has 9 heteroatoms. The molecule has 2 heterocycles. The third-order valence-corrected chi connectivity index (χ3v) is 3.71. The van der Waals surface area contributed by atoms with E-state index in [4.69, 9.17) is 12.2 Å².